The molecule has 26 heavy (non-hydrogen) atoms. The van der Waals surface area contributed by atoms with Gasteiger partial charge in [-0.15, -0.1) is 0 Å². The van der Waals surface area contributed by atoms with Crippen molar-refractivity contribution in [1.29, 1.82) is 0 Å². The van der Waals surface area contributed by atoms with E-state index in [1.54, 1.807) is 13.8 Å². The standard InChI is InChI=1S/C13H18ClF2N2O7P/c1-6(2)24-26(21)22-5-13(11(15)16)9(25-26)8(19)10(23-13)18-4-7(14)3-17-12(18)20/h4,6,8-11,19H,3,5H2,1-2H3,(H,17,20). The minimum absolute atomic E-state index is 0.0557. The van der Waals surface area contributed by atoms with Crippen LogP contribution in [0, 0.1) is 0 Å². The lowest BCUT2D eigenvalue weighted by molar-refractivity contribution is -0.209. The van der Waals surface area contributed by atoms with Crippen LogP contribution in [0.5, 0.6) is 0 Å². The van der Waals surface area contributed by atoms with Crippen molar-refractivity contribution in [2.45, 2.75) is 50.4 Å². The maximum atomic E-state index is 13.8. The number of aliphatic hydroxyl groups is 1. The Bertz CT molecular complexity index is 666. The maximum absolute atomic E-state index is 13.8. The van der Waals surface area contributed by atoms with Gasteiger partial charge in [-0.3, -0.25) is 18.5 Å². The summed E-state index contributed by atoms with van der Waals surface area (Å²) in [6, 6.07) is -0.705. The quantitative estimate of drug-likeness (QED) is 0.670. The molecule has 0 spiro atoms. The summed E-state index contributed by atoms with van der Waals surface area (Å²) in [6.45, 7) is 2.31. The molecule has 5 atom stereocenters. The number of phosphoric ester groups is 1. The highest BCUT2D eigenvalue weighted by molar-refractivity contribution is 7.48. The van der Waals surface area contributed by atoms with Crippen molar-refractivity contribution in [1.82, 2.24) is 10.2 Å². The second kappa shape index (κ2) is 6.97. The number of aliphatic hydroxyl groups excluding tert-OH is 1. The van der Waals surface area contributed by atoms with Crippen LogP contribution in [0.4, 0.5) is 13.6 Å². The number of fused-ring (bicyclic) bond motifs is 1. The van der Waals surface area contributed by atoms with E-state index in [-0.39, 0.29) is 11.6 Å². The van der Waals surface area contributed by atoms with E-state index in [0.717, 1.165) is 11.1 Å². The van der Waals surface area contributed by atoms with Crippen molar-refractivity contribution < 1.29 is 41.6 Å². The fourth-order valence-electron chi connectivity index (χ4n) is 2.89. The first-order chi connectivity index (χ1) is 12.1. The summed E-state index contributed by atoms with van der Waals surface area (Å²) in [5.74, 6) is 0. The van der Waals surface area contributed by atoms with E-state index in [1.807, 2.05) is 0 Å². The zero-order valence-electron chi connectivity index (χ0n) is 13.8. The Morgan fingerprint density at radius 1 is 1.54 bits per heavy atom. The summed E-state index contributed by atoms with van der Waals surface area (Å²) in [7, 11) is -4.19. The molecule has 3 heterocycles. The van der Waals surface area contributed by atoms with E-state index in [2.05, 4.69) is 5.32 Å². The van der Waals surface area contributed by atoms with Gasteiger partial charge in [0.25, 0.3) is 6.43 Å². The number of amides is 2. The van der Waals surface area contributed by atoms with Gasteiger partial charge in [-0.1, -0.05) is 11.6 Å². The minimum atomic E-state index is -4.19. The molecule has 3 aliphatic heterocycles. The molecule has 5 unspecified atom stereocenters. The van der Waals surface area contributed by atoms with Gasteiger partial charge in [0.05, 0.1) is 24.3 Å². The first-order valence-corrected chi connectivity index (χ1v) is 9.59. The van der Waals surface area contributed by atoms with Gasteiger partial charge in [0.2, 0.25) is 0 Å². The van der Waals surface area contributed by atoms with Crippen LogP contribution in [0.3, 0.4) is 0 Å². The average Bonchev–Trinajstić information content (AvgIpc) is 2.83. The molecular formula is C13H18ClF2N2O7P. The number of halogens is 3. The van der Waals surface area contributed by atoms with Gasteiger partial charge >= 0.3 is 13.9 Å². The van der Waals surface area contributed by atoms with E-state index in [4.69, 9.17) is 29.9 Å². The summed E-state index contributed by atoms with van der Waals surface area (Å²) < 4.78 is 60.5. The van der Waals surface area contributed by atoms with Crippen molar-refractivity contribution in [3.63, 3.8) is 0 Å². The van der Waals surface area contributed by atoms with Gasteiger partial charge in [0.1, 0.15) is 12.2 Å². The molecule has 0 aromatic rings. The monoisotopic (exact) mass is 418 g/mol. The lowest BCUT2D eigenvalue weighted by atomic mass is 9.96. The molecule has 148 valence electrons. The largest absolute Gasteiger partial charge is 0.475 e. The molecule has 2 fully saturated rings. The molecule has 3 aliphatic rings. The maximum Gasteiger partial charge on any atom is 0.475 e. The van der Waals surface area contributed by atoms with Gasteiger partial charge in [0.15, 0.2) is 11.8 Å². The number of carbonyl (C=O) groups is 1. The molecule has 0 radical (unpaired) electrons. The highest BCUT2D eigenvalue weighted by atomic mass is 35.5. The number of hydrogen-bond donors (Lipinski definition) is 2. The number of ether oxygens (including phenoxy) is 1. The molecule has 0 saturated carbocycles. The number of phosphoric acid groups is 1. The molecule has 2 N–H and O–H groups in total. The van der Waals surface area contributed by atoms with Crippen LogP contribution in [-0.2, 0) is 22.9 Å². The Kier molecular flexibility index (Phi) is 5.35. The second-order valence-corrected chi connectivity index (χ2v) is 8.36. The predicted octanol–water partition coefficient (Wildman–Crippen LogP) is 1.76. The summed E-state index contributed by atoms with van der Waals surface area (Å²) >= 11 is 5.85. The van der Waals surface area contributed by atoms with Crippen molar-refractivity contribution in [2.75, 3.05) is 13.2 Å². The lowest BCUT2D eigenvalue weighted by Gasteiger charge is -2.39. The van der Waals surface area contributed by atoms with Crippen molar-refractivity contribution in [2.24, 2.45) is 0 Å². The summed E-state index contributed by atoms with van der Waals surface area (Å²) in [5, 5.41) is 13.1. The van der Waals surface area contributed by atoms with Crippen LogP contribution in [0.25, 0.3) is 0 Å². The van der Waals surface area contributed by atoms with Gasteiger partial charge in [-0.05, 0) is 13.8 Å². The molecule has 9 nitrogen and oxygen atoms in total. The normalized spacial score (nSPS) is 40.6. The first-order valence-electron chi connectivity index (χ1n) is 7.76. The summed E-state index contributed by atoms with van der Waals surface area (Å²) in [6.07, 6.45) is -7.61. The molecule has 0 aromatic heterocycles. The number of carbonyl (C=O) groups excluding carboxylic acids is 1. The third-order valence-electron chi connectivity index (χ3n) is 4.02. The third-order valence-corrected chi connectivity index (χ3v) is 5.86. The van der Waals surface area contributed by atoms with Gasteiger partial charge < -0.3 is 15.2 Å². The topological polar surface area (TPSA) is 107 Å². The predicted molar refractivity (Wildman–Crippen MR) is 83.4 cm³/mol. The Morgan fingerprint density at radius 3 is 2.85 bits per heavy atom. The molecule has 2 saturated heterocycles. The van der Waals surface area contributed by atoms with Gasteiger partial charge in [-0.25, -0.2) is 18.1 Å². The number of nitrogens with zero attached hydrogens (tertiary/aromatic N) is 1. The smallest absolute Gasteiger partial charge is 0.386 e. The average molecular weight is 419 g/mol. The number of nitrogens with one attached hydrogen (secondary N) is 1. The fourth-order valence-corrected chi connectivity index (χ4v) is 4.69. The van der Waals surface area contributed by atoms with Crippen LogP contribution >= 0.6 is 19.4 Å². The molecule has 3 rings (SSSR count). The zero-order chi connectivity index (χ0) is 19.3. The lowest BCUT2D eigenvalue weighted by Crippen LogP contribution is -2.56. The molecule has 0 bridgehead atoms. The van der Waals surface area contributed by atoms with E-state index < -0.39 is 57.0 Å². The van der Waals surface area contributed by atoms with E-state index in [0.29, 0.717) is 0 Å². The van der Waals surface area contributed by atoms with Crippen molar-refractivity contribution >= 4 is 25.5 Å². The second-order valence-electron chi connectivity index (χ2n) is 6.30. The molecular weight excluding hydrogens is 401 g/mol. The zero-order valence-corrected chi connectivity index (χ0v) is 15.5. The van der Waals surface area contributed by atoms with Crippen LogP contribution in [0.1, 0.15) is 13.8 Å². The van der Waals surface area contributed by atoms with E-state index >= 15 is 0 Å². The van der Waals surface area contributed by atoms with Crippen LogP contribution in [-0.4, -0.2) is 65.8 Å². The SMILES string of the molecule is CC(C)OP1(=O)OCC2(C(F)F)OC(N3C=C(Cl)CNC3=O)C(O)C2O1. The minimum Gasteiger partial charge on any atom is -0.386 e. The molecule has 2 amide bonds. The highest BCUT2D eigenvalue weighted by Crippen LogP contribution is 2.60. The number of hydrogen-bond acceptors (Lipinski definition) is 7. The van der Waals surface area contributed by atoms with Crippen LogP contribution in [0.15, 0.2) is 11.2 Å². The summed E-state index contributed by atoms with van der Waals surface area (Å²) in [4.78, 5) is 12.9. The third kappa shape index (κ3) is 3.37. The van der Waals surface area contributed by atoms with Gasteiger partial charge in [0, 0.05) is 6.20 Å². The summed E-state index contributed by atoms with van der Waals surface area (Å²) in [5.41, 5.74) is -2.42. The Balaban J connectivity index is 1.91. The van der Waals surface area contributed by atoms with E-state index in [9.17, 15) is 23.2 Å². The Labute approximate surface area is 152 Å². The molecule has 0 aliphatic carbocycles. The van der Waals surface area contributed by atoms with Gasteiger partial charge in [-0.2, -0.15) is 0 Å². The fraction of sp³-hybridized carbons (Fsp3) is 0.769. The Morgan fingerprint density at radius 2 is 2.23 bits per heavy atom. The van der Waals surface area contributed by atoms with E-state index in [1.165, 1.54) is 0 Å². The number of alkyl halides is 2. The highest BCUT2D eigenvalue weighted by Gasteiger charge is 2.68. The first kappa shape index (κ1) is 19.9. The number of rotatable bonds is 4. The Hall–Kier alpha value is -0.810. The van der Waals surface area contributed by atoms with Crippen molar-refractivity contribution in [3.05, 3.63) is 11.2 Å². The van der Waals surface area contributed by atoms with Crippen molar-refractivity contribution in [3.8, 4) is 0 Å². The number of urea groups is 1. The molecule has 13 heteroatoms. The van der Waals surface area contributed by atoms with Crippen LogP contribution < -0.4 is 5.32 Å². The van der Waals surface area contributed by atoms with Crippen LogP contribution in [0.2, 0.25) is 0 Å². The molecule has 0 aromatic carbocycles.